The van der Waals surface area contributed by atoms with Crippen LogP contribution in [-0.4, -0.2) is 42.2 Å². The lowest BCUT2D eigenvalue weighted by atomic mass is 10.2. The minimum absolute atomic E-state index is 0.227. The number of carbonyl (C=O) groups excluding carboxylic acids is 1. The zero-order valence-corrected chi connectivity index (χ0v) is 12.6. The van der Waals surface area contributed by atoms with Crippen LogP contribution >= 0.6 is 0 Å². The Labute approximate surface area is 129 Å². The van der Waals surface area contributed by atoms with E-state index in [1.165, 1.54) is 0 Å². The Bertz CT molecular complexity index is 552. The molecule has 6 heteroatoms. The molecule has 0 unspecified atom stereocenters. The molecule has 0 N–H and O–H groups in total. The number of esters is 1. The molecule has 1 heterocycles. The summed E-state index contributed by atoms with van der Waals surface area (Å²) in [5.41, 5.74) is 0.500. The van der Waals surface area contributed by atoms with Gasteiger partial charge in [-0.3, -0.25) is 4.68 Å². The number of nitrogens with zero attached hydrogens (tertiary/aromatic N) is 2. The minimum atomic E-state index is -0.362. The number of carbonyl (C=O) groups is 1. The van der Waals surface area contributed by atoms with Crippen LogP contribution in [0.1, 0.15) is 17.3 Å². The van der Waals surface area contributed by atoms with Gasteiger partial charge in [-0.2, -0.15) is 5.10 Å². The van der Waals surface area contributed by atoms with Gasteiger partial charge in [-0.1, -0.05) is 0 Å². The van der Waals surface area contributed by atoms with Crippen LogP contribution in [0.15, 0.2) is 42.7 Å². The van der Waals surface area contributed by atoms with E-state index in [0.29, 0.717) is 31.9 Å². The van der Waals surface area contributed by atoms with E-state index in [0.717, 1.165) is 5.75 Å². The van der Waals surface area contributed by atoms with Crippen molar-refractivity contribution in [2.24, 2.45) is 0 Å². The van der Waals surface area contributed by atoms with E-state index in [-0.39, 0.29) is 12.6 Å². The van der Waals surface area contributed by atoms with Crippen molar-refractivity contribution in [3.8, 4) is 5.75 Å². The summed E-state index contributed by atoms with van der Waals surface area (Å²) >= 11 is 0. The maximum Gasteiger partial charge on any atom is 0.338 e. The maximum atomic E-state index is 11.8. The largest absolute Gasteiger partial charge is 0.494 e. The molecule has 0 radical (unpaired) electrons. The summed E-state index contributed by atoms with van der Waals surface area (Å²) in [7, 11) is 0. The van der Waals surface area contributed by atoms with E-state index in [9.17, 15) is 4.79 Å². The van der Waals surface area contributed by atoms with Gasteiger partial charge < -0.3 is 14.2 Å². The maximum absolute atomic E-state index is 11.8. The van der Waals surface area contributed by atoms with Crippen molar-refractivity contribution in [2.75, 3.05) is 26.4 Å². The second-order valence-electron chi connectivity index (χ2n) is 4.47. The molecular formula is C16H20N2O4. The van der Waals surface area contributed by atoms with Crippen LogP contribution in [0.2, 0.25) is 0 Å². The molecule has 22 heavy (non-hydrogen) atoms. The van der Waals surface area contributed by atoms with Crippen molar-refractivity contribution >= 4 is 5.97 Å². The molecule has 0 saturated carbocycles. The fraction of sp³-hybridized carbons (Fsp3) is 0.375. The summed E-state index contributed by atoms with van der Waals surface area (Å²) in [6, 6.07) is 8.73. The van der Waals surface area contributed by atoms with Gasteiger partial charge in [-0.25, -0.2) is 4.79 Å². The molecule has 1 aromatic heterocycles. The monoisotopic (exact) mass is 304 g/mol. The van der Waals surface area contributed by atoms with Gasteiger partial charge in [0.2, 0.25) is 0 Å². The highest BCUT2D eigenvalue weighted by Crippen LogP contribution is 2.12. The third-order valence-corrected chi connectivity index (χ3v) is 2.89. The predicted molar refractivity (Wildman–Crippen MR) is 80.9 cm³/mol. The predicted octanol–water partition coefficient (Wildman–Crippen LogP) is 2.16. The summed E-state index contributed by atoms with van der Waals surface area (Å²) in [5, 5.41) is 4.06. The molecule has 2 aromatic rings. The minimum Gasteiger partial charge on any atom is -0.494 e. The number of rotatable bonds is 9. The molecule has 0 atom stereocenters. The zero-order chi connectivity index (χ0) is 15.6. The van der Waals surface area contributed by atoms with Gasteiger partial charge in [-0.15, -0.1) is 0 Å². The van der Waals surface area contributed by atoms with E-state index < -0.39 is 0 Å². The van der Waals surface area contributed by atoms with Crippen molar-refractivity contribution in [3.05, 3.63) is 48.3 Å². The lowest BCUT2D eigenvalue weighted by Crippen LogP contribution is -2.13. The van der Waals surface area contributed by atoms with Crippen molar-refractivity contribution in [1.82, 2.24) is 9.78 Å². The highest BCUT2D eigenvalue weighted by Gasteiger charge is 2.06. The van der Waals surface area contributed by atoms with E-state index in [1.54, 1.807) is 35.1 Å². The van der Waals surface area contributed by atoms with Crippen LogP contribution in [0.4, 0.5) is 0 Å². The Morgan fingerprint density at radius 3 is 2.68 bits per heavy atom. The standard InChI is InChI=1S/C16H20N2O4/c1-2-21-15-6-4-14(5-7-15)16(19)22-13-12-20-11-10-18-9-3-8-17-18/h3-9H,2,10-13H2,1H3. The first-order valence-electron chi connectivity index (χ1n) is 7.24. The normalized spacial score (nSPS) is 10.4. The Balaban J connectivity index is 1.60. The Hall–Kier alpha value is -2.34. The van der Waals surface area contributed by atoms with Gasteiger partial charge in [0.25, 0.3) is 0 Å². The first kappa shape index (κ1) is 16.0. The van der Waals surface area contributed by atoms with E-state index in [4.69, 9.17) is 14.2 Å². The molecule has 0 amide bonds. The molecule has 0 saturated heterocycles. The van der Waals surface area contributed by atoms with E-state index >= 15 is 0 Å². The van der Waals surface area contributed by atoms with Crippen LogP contribution in [0.5, 0.6) is 5.75 Å². The number of benzene rings is 1. The van der Waals surface area contributed by atoms with E-state index in [2.05, 4.69) is 5.10 Å². The molecule has 6 nitrogen and oxygen atoms in total. The van der Waals surface area contributed by atoms with Crippen LogP contribution in [0, 0.1) is 0 Å². The van der Waals surface area contributed by atoms with Gasteiger partial charge in [0.05, 0.1) is 31.9 Å². The van der Waals surface area contributed by atoms with Crippen molar-refractivity contribution < 1.29 is 19.0 Å². The van der Waals surface area contributed by atoms with Gasteiger partial charge in [0, 0.05) is 12.4 Å². The quantitative estimate of drug-likeness (QED) is 0.525. The molecule has 2 rings (SSSR count). The molecule has 0 fully saturated rings. The van der Waals surface area contributed by atoms with Gasteiger partial charge in [0.15, 0.2) is 0 Å². The first-order valence-corrected chi connectivity index (χ1v) is 7.24. The fourth-order valence-electron chi connectivity index (χ4n) is 1.82. The Morgan fingerprint density at radius 1 is 1.18 bits per heavy atom. The summed E-state index contributed by atoms with van der Waals surface area (Å²) in [4.78, 5) is 11.8. The number of hydrogen-bond acceptors (Lipinski definition) is 5. The summed E-state index contributed by atoms with van der Waals surface area (Å²) in [6.45, 7) is 4.31. The molecule has 0 aliphatic rings. The van der Waals surface area contributed by atoms with Crippen LogP contribution < -0.4 is 4.74 Å². The van der Waals surface area contributed by atoms with Crippen LogP contribution in [0.25, 0.3) is 0 Å². The zero-order valence-electron chi connectivity index (χ0n) is 12.6. The van der Waals surface area contributed by atoms with Crippen molar-refractivity contribution in [3.63, 3.8) is 0 Å². The lowest BCUT2D eigenvalue weighted by molar-refractivity contribution is 0.0303. The highest BCUT2D eigenvalue weighted by atomic mass is 16.6. The van der Waals surface area contributed by atoms with E-state index in [1.807, 2.05) is 19.2 Å². The summed E-state index contributed by atoms with van der Waals surface area (Å²) in [5.74, 6) is 0.375. The lowest BCUT2D eigenvalue weighted by Gasteiger charge is -2.07. The average molecular weight is 304 g/mol. The molecule has 118 valence electrons. The van der Waals surface area contributed by atoms with Gasteiger partial charge >= 0.3 is 5.97 Å². The second kappa shape index (κ2) is 8.84. The average Bonchev–Trinajstić information content (AvgIpc) is 3.05. The third-order valence-electron chi connectivity index (χ3n) is 2.89. The third kappa shape index (κ3) is 5.21. The molecule has 0 aliphatic heterocycles. The second-order valence-corrected chi connectivity index (χ2v) is 4.47. The number of ether oxygens (including phenoxy) is 3. The molecule has 1 aromatic carbocycles. The van der Waals surface area contributed by atoms with Crippen molar-refractivity contribution in [2.45, 2.75) is 13.5 Å². The molecular weight excluding hydrogens is 284 g/mol. The number of aromatic nitrogens is 2. The highest BCUT2D eigenvalue weighted by molar-refractivity contribution is 5.89. The van der Waals surface area contributed by atoms with Crippen molar-refractivity contribution in [1.29, 1.82) is 0 Å². The number of hydrogen-bond donors (Lipinski definition) is 0. The van der Waals surface area contributed by atoms with Crippen LogP contribution in [-0.2, 0) is 16.0 Å². The Morgan fingerprint density at radius 2 is 2.00 bits per heavy atom. The van der Waals surface area contributed by atoms with Gasteiger partial charge in [-0.05, 0) is 37.3 Å². The smallest absolute Gasteiger partial charge is 0.338 e. The molecule has 0 spiro atoms. The topological polar surface area (TPSA) is 62.6 Å². The summed E-state index contributed by atoms with van der Waals surface area (Å²) < 4.78 is 17.6. The summed E-state index contributed by atoms with van der Waals surface area (Å²) in [6.07, 6.45) is 3.59. The Kier molecular flexibility index (Phi) is 6.44. The molecule has 0 aliphatic carbocycles. The van der Waals surface area contributed by atoms with Crippen LogP contribution in [0.3, 0.4) is 0 Å². The SMILES string of the molecule is CCOc1ccc(C(=O)OCCOCCn2cccn2)cc1. The fourth-order valence-corrected chi connectivity index (χ4v) is 1.82. The van der Waals surface area contributed by atoms with Gasteiger partial charge in [0.1, 0.15) is 12.4 Å². The first-order chi connectivity index (χ1) is 10.8. The molecule has 0 bridgehead atoms.